The van der Waals surface area contributed by atoms with Gasteiger partial charge in [0.05, 0.1) is 4.47 Å². The molecular weight excluding hydrogens is 271 g/mol. The Morgan fingerprint density at radius 2 is 2.25 bits per heavy atom. The molecule has 1 aromatic carbocycles. The molecule has 1 heterocycles. The van der Waals surface area contributed by atoms with Crippen LogP contribution in [-0.4, -0.2) is 26.2 Å². The fourth-order valence-electron chi connectivity index (χ4n) is 2.19. The van der Waals surface area contributed by atoms with E-state index in [1.165, 1.54) is 0 Å². The third-order valence-corrected chi connectivity index (χ3v) is 3.78. The van der Waals surface area contributed by atoms with Gasteiger partial charge in [-0.15, -0.1) is 0 Å². The number of hydrogen-bond acceptors (Lipinski definition) is 2. The van der Waals surface area contributed by atoms with Gasteiger partial charge in [-0.3, -0.25) is 0 Å². The number of nitrogens with zero attached hydrogens (tertiary/aromatic N) is 1. The van der Waals surface area contributed by atoms with Gasteiger partial charge in [0.2, 0.25) is 0 Å². The second-order valence-corrected chi connectivity index (χ2v) is 5.13. The molecule has 2 rings (SSSR count). The highest BCUT2D eigenvalue weighted by Gasteiger charge is 2.22. The second kappa shape index (κ2) is 4.72. The van der Waals surface area contributed by atoms with Gasteiger partial charge >= 0.3 is 0 Å². The van der Waals surface area contributed by atoms with Gasteiger partial charge in [0.1, 0.15) is 5.82 Å². The van der Waals surface area contributed by atoms with Crippen LogP contribution in [0.15, 0.2) is 16.6 Å². The van der Waals surface area contributed by atoms with Crippen LogP contribution < -0.4 is 10.2 Å². The van der Waals surface area contributed by atoms with Gasteiger partial charge in [0.25, 0.3) is 0 Å². The molecule has 1 aliphatic rings. The Morgan fingerprint density at radius 1 is 1.50 bits per heavy atom. The summed E-state index contributed by atoms with van der Waals surface area (Å²) in [5.74, 6) is -0.187. The lowest BCUT2D eigenvalue weighted by atomic mass is 10.2. The maximum Gasteiger partial charge on any atom is 0.139 e. The maximum atomic E-state index is 13.5. The number of aryl methyl sites for hydroxylation is 1. The number of anilines is 1. The van der Waals surface area contributed by atoms with Crippen LogP contribution >= 0.6 is 15.9 Å². The number of hydrogen-bond donors (Lipinski definition) is 1. The lowest BCUT2D eigenvalue weighted by Gasteiger charge is -2.21. The molecule has 1 N–H and O–H groups in total. The van der Waals surface area contributed by atoms with Crippen molar-refractivity contribution >= 4 is 21.6 Å². The largest absolute Gasteiger partial charge is 0.370 e. The molecule has 0 bridgehead atoms. The van der Waals surface area contributed by atoms with Gasteiger partial charge in [0, 0.05) is 24.8 Å². The molecule has 16 heavy (non-hydrogen) atoms. The SMILES string of the molecule is CNC1CCN(c2cc(F)c(Br)cc2C)C1. The first kappa shape index (κ1) is 11.9. The van der Waals surface area contributed by atoms with Crippen LogP contribution in [0, 0.1) is 12.7 Å². The Labute approximate surface area is 104 Å². The van der Waals surface area contributed by atoms with E-state index in [2.05, 4.69) is 26.1 Å². The van der Waals surface area contributed by atoms with Crippen molar-refractivity contribution in [1.82, 2.24) is 5.32 Å². The monoisotopic (exact) mass is 286 g/mol. The Balaban J connectivity index is 2.24. The first-order chi connectivity index (χ1) is 7.61. The minimum atomic E-state index is -0.187. The fourth-order valence-corrected chi connectivity index (χ4v) is 2.65. The number of likely N-dealkylation sites (N-methyl/N-ethyl adjacent to an activating group) is 1. The summed E-state index contributed by atoms with van der Waals surface area (Å²) in [4.78, 5) is 2.24. The summed E-state index contributed by atoms with van der Waals surface area (Å²) in [6.45, 7) is 3.97. The molecule has 4 heteroatoms. The van der Waals surface area contributed by atoms with Crippen molar-refractivity contribution in [1.29, 1.82) is 0 Å². The minimum absolute atomic E-state index is 0.187. The molecule has 1 aliphatic heterocycles. The van der Waals surface area contributed by atoms with Crippen LogP contribution in [0.2, 0.25) is 0 Å². The van der Waals surface area contributed by atoms with Crippen LogP contribution in [0.5, 0.6) is 0 Å². The first-order valence-electron chi connectivity index (χ1n) is 5.49. The van der Waals surface area contributed by atoms with E-state index in [9.17, 15) is 4.39 Å². The van der Waals surface area contributed by atoms with Crippen molar-refractivity contribution in [3.63, 3.8) is 0 Å². The second-order valence-electron chi connectivity index (χ2n) is 4.27. The topological polar surface area (TPSA) is 15.3 Å². The molecule has 0 saturated carbocycles. The van der Waals surface area contributed by atoms with Crippen LogP contribution in [-0.2, 0) is 0 Å². The number of halogens is 2. The first-order valence-corrected chi connectivity index (χ1v) is 6.29. The molecular formula is C12H16BrFN2. The standard InChI is InChI=1S/C12H16BrFN2/c1-8-5-10(13)11(14)6-12(8)16-4-3-9(7-16)15-2/h5-6,9,15H,3-4,7H2,1-2H3. The summed E-state index contributed by atoms with van der Waals surface area (Å²) in [6, 6.07) is 3.99. The Hall–Kier alpha value is -0.610. The molecule has 88 valence electrons. The summed E-state index contributed by atoms with van der Waals surface area (Å²) >= 11 is 3.21. The quantitative estimate of drug-likeness (QED) is 0.899. The summed E-state index contributed by atoms with van der Waals surface area (Å²) in [6.07, 6.45) is 1.12. The molecule has 0 amide bonds. The Kier molecular flexibility index (Phi) is 3.50. The van der Waals surface area contributed by atoms with E-state index in [0.717, 1.165) is 30.8 Å². The van der Waals surface area contributed by atoms with Gasteiger partial charge in [-0.25, -0.2) is 4.39 Å². The van der Waals surface area contributed by atoms with Crippen molar-refractivity contribution in [3.05, 3.63) is 28.0 Å². The van der Waals surface area contributed by atoms with Crippen molar-refractivity contribution < 1.29 is 4.39 Å². The van der Waals surface area contributed by atoms with Crippen LogP contribution in [0.1, 0.15) is 12.0 Å². The van der Waals surface area contributed by atoms with E-state index in [0.29, 0.717) is 10.5 Å². The summed E-state index contributed by atoms with van der Waals surface area (Å²) in [5.41, 5.74) is 2.13. The summed E-state index contributed by atoms with van der Waals surface area (Å²) in [5, 5.41) is 3.26. The molecule has 1 unspecified atom stereocenters. The zero-order valence-corrected chi connectivity index (χ0v) is 11.1. The van der Waals surface area contributed by atoms with E-state index >= 15 is 0 Å². The number of rotatable bonds is 2. The van der Waals surface area contributed by atoms with Crippen molar-refractivity contribution in [2.24, 2.45) is 0 Å². The molecule has 0 aliphatic carbocycles. The lowest BCUT2D eigenvalue weighted by molar-refractivity contribution is 0.613. The van der Waals surface area contributed by atoms with Crippen LogP contribution in [0.4, 0.5) is 10.1 Å². The predicted molar refractivity (Wildman–Crippen MR) is 68.5 cm³/mol. The van der Waals surface area contributed by atoms with Gasteiger partial charge in [-0.05, 0) is 54.0 Å². The fraction of sp³-hybridized carbons (Fsp3) is 0.500. The van der Waals surface area contributed by atoms with Gasteiger partial charge < -0.3 is 10.2 Å². The van der Waals surface area contributed by atoms with Crippen molar-refractivity contribution in [3.8, 4) is 0 Å². The molecule has 0 aromatic heterocycles. The van der Waals surface area contributed by atoms with Gasteiger partial charge in [-0.2, -0.15) is 0 Å². The predicted octanol–water partition coefficient (Wildman–Crippen LogP) is 2.69. The maximum absolute atomic E-state index is 13.5. The summed E-state index contributed by atoms with van der Waals surface area (Å²) in [7, 11) is 1.98. The number of benzene rings is 1. The van der Waals surface area contributed by atoms with Crippen LogP contribution in [0.25, 0.3) is 0 Å². The van der Waals surface area contributed by atoms with Crippen molar-refractivity contribution in [2.75, 3.05) is 25.0 Å². The van der Waals surface area contributed by atoms with E-state index in [1.807, 2.05) is 20.0 Å². The molecule has 2 nitrogen and oxygen atoms in total. The summed E-state index contributed by atoms with van der Waals surface area (Å²) < 4.78 is 14.0. The third-order valence-electron chi connectivity index (χ3n) is 3.18. The van der Waals surface area contributed by atoms with E-state index in [1.54, 1.807) is 6.07 Å². The molecule has 1 aromatic rings. The highest BCUT2D eigenvalue weighted by Crippen LogP contribution is 2.29. The van der Waals surface area contributed by atoms with E-state index < -0.39 is 0 Å². The van der Waals surface area contributed by atoms with Crippen LogP contribution in [0.3, 0.4) is 0 Å². The lowest BCUT2D eigenvalue weighted by Crippen LogP contribution is -2.29. The highest BCUT2D eigenvalue weighted by molar-refractivity contribution is 9.10. The Morgan fingerprint density at radius 3 is 2.88 bits per heavy atom. The van der Waals surface area contributed by atoms with E-state index in [4.69, 9.17) is 0 Å². The normalized spacial score (nSPS) is 20.5. The van der Waals surface area contributed by atoms with E-state index in [-0.39, 0.29) is 5.82 Å². The van der Waals surface area contributed by atoms with Gasteiger partial charge in [0.15, 0.2) is 0 Å². The Bertz CT molecular complexity index is 395. The molecule has 0 radical (unpaired) electrons. The molecule has 1 fully saturated rings. The highest BCUT2D eigenvalue weighted by atomic mass is 79.9. The van der Waals surface area contributed by atoms with Gasteiger partial charge in [-0.1, -0.05) is 0 Å². The zero-order valence-electron chi connectivity index (χ0n) is 9.56. The average molecular weight is 287 g/mol. The average Bonchev–Trinajstić information content (AvgIpc) is 2.71. The smallest absolute Gasteiger partial charge is 0.139 e. The third kappa shape index (κ3) is 2.23. The molecule has 1 saturated heterocycles. The number of nitrogens with one attached hydrogen (secondary N) is 1. The minimum Gasteiger partial charge on any atom is -0.370 e. The van der Waals surface area contributed by atoms with Crippen molar-refractivity contribution in [2.45, 2.75) is 19.4 Å². The molecule has 1 atom stereocenters. The molecule has 0 spiro atoms. The zero-order chi connectivity index (χ0) is 11.7.